The summed E-state index contributed by atoms with van der Waals surface area (Å²) in [6.45, 7) is 17.6. The van der Waals surface area contributed by atoms with Gasteiger partial charge in [0.1, 0.15) is 0 Å². The highest BCUT2D eigenvalue weighted by Gasteiger charge is 2.10. The van der Waals surface area contributed by atoms with E-state index in [1.54, 1.807) is 0 Å². The fourth-order valence-electron chi connectivity index (χ4n) is 1.43. The molecule has 0 atom stereocenters. The Kier molecular flexibility index (Phi) is 5.85. The van der Waals surface area contributed by atoms with Crippen LogP contribution in [0.3, 0.4) is 0 Å². The first-order valence-electron chi connectivity index (χ1n) is 5.42. The molecule has 0 aliphatic heterocycles. The summed E-state index contributed by atoms with van der Waals surface area (Å²) in [5.74, 6) is 1.30. The third-order valence-electron chi connectivity index (χ3n) is 2.15. The maximum atomic E-state index is 4.15. The molecule has 0 aromatic rings. The van der Waals surface area contributed by atoms with Crippen LogP contribution in [0.25, 0.3) is 0 Å². The van der Waals surface area contributed by atoms with Gasteiger partial charge in [0.2, 0.25) is 0 Å². The molecule has 0 aliphatic carbocycles. The Morgan fingerprint density at radius 3 is 2.08 bits per heavy atom. The maximum absolute atomic E-state index is 4.15. The molecule has 1 nitrogen and oxygen atoms in total. The predicted octanol–water partition coefficient (Wildman–Crippen LogP) is 3.52. The summed E-state index contributed by atoms with van der Waals surface area (Å²) >= 11 is 0. The Morgan fingerprint density at radius 1 is 1.23 bits per heavy atom. The summed E-state index contributed by atoms with van der Waals surface area (Å²) < 4.78 is 0. The third-order valence-corrected chi connectivity index (χ3v) is 2.15. The normalized spacial score (nSPS) is 11.0. The van der Waals surface area contributed by atoms with Crippen LogP contribution in [0.2, 0.25) is 0 Å². The molecule has 0 saturated heterocycles. The van der Waals surface area contributed by atoms with Crippen molar-refractivity contribution >= 4 is 0 Å². The molecule has 0 aliphatic rings. The number of hydrogen-bond donors (Lipinski definition) is 0. The lowest BCUT2D eigenvalue weighted by Crippen LogP contribution is -2.29. The zero-order chi connectivity index (χ0) is 10.4. The van der Waals surface area contributed by atoms with Crippen molar-refractivity contribution in [1.82, 2.24) is 4.90 Å². The molecule has 0 aromatic carbocycles. The number of nitrogens with zero attached hydrogens (tertiary/aromatic N) is 1. The minimum Gasteiger partial charge on any atom is -0.375 e. The van der Waals surface area contributed by atoms with E-state index in [0.29, 0.717) is 5.92 Å². The molecule has 78 valence electrons. The average Bonchev–Trinajstić information content (AvgIpc) is 2.01. The second-order valence-corrected chi connectivity index (χ2v) is 4.49. The molecule has 0 amide bonds. The Morgan fingerprint density at radius 2 is 1.77 bits per heavy atom. The monoisotopic (exact) mass is 183 g/mol. The van der Waals surface area contributed by atoms with Gasteiger partial charge in [0.05, 0.1) is 0 Å². The van der Waals surface area contributed by atoms with Crippen molar-refractivity contribution in [3.05, 3.63) is 12.3 Å². The van der Waals surface area contributed by atoms with Gasteiger partial charge in [-0.1, -0.05) is 41.2 Å². The first kappa shape index (κ1) is 12.5. The van der Waals surface area contributed by atoms with E-state index in [1.165, 1.54) is 12.1 Å². The average molecular weight is 183 g/mol. The highest BCUT2D eigenvalue weighted by molar-refractivity contribution is 4.97. The second-order valence-electron chi connectivity index (χ2n) is 4.49. The summed E-state index contributed by atoms with van der Waals surface area (Å²) in [6, 6.07) is 0. The highest BCUT2D eigenvalue weighted by Crippen LogP contribution is 2.15. The molecule has 0 saturated carbocycles. The van der Waals surface area contributed by atoms with Crippen LogP contribution in [0.5, 0.6) is 0 Å². The third kappa shape index (κ3) is 4.97. The van der Waals surface area contributed by atoms with E-state index in [4.69, 9.17) is 0 Å². The maximum Gasteiger partial charge on any atom is 0.0197 e. The Labute approximate surface area is 83.8 Å². The molecule has 0 unspecified atom stereocenters. The second kappa shape index (κ2) is 6.06. The predicted molar refractivity (Wildman–Crippen MR) is 60.7 cm³/mol. The topological polar surface area (TPSA) is 3.24 Å². The van der Waals surface area contributed by atoms with Crippen LogP contribution in [-0.4, -0.2) is 18.0 Å². The van der Waals surface area contributed by atoms with E-state index >= 15 is 0 Å². The van der Waals surface area contributed by atoms with E-state index in [0.717, 1.165) is 19.0 Å². The van der Waals surface area contributed by atoms with Gasteiger partial charge in [-0.25, -0.2) is 0 Å². The number of allylic oxidation sites excluding steroid dienone is 1. The van der Waals surface area contributed by atoms with Gasteiger partial charge >= 0.3 is 0 Å². The lowest BCUT2D eigenvalue weighted by Gasteiger charge is -2.30. The molecule has 1 heteroatoms. The smallest absolute Gasteiger partial charge is 0.0197 e. The molecule has 0 aromatic heterocycles. The van der Waals surface area contributed by atoms with Gasteiger partial charge in [0.25, 0.3) is 0 Å². The van der Waals surface area contributed by atoms with Crippen molar-refractivity contribution in [2.75, 3.05) is 13.1 Å². The molecule has 0 fully saturated rings. The van der Waals surface area contributed by atoms with Crippen molar-refractivity contribution in [1.29, 1.82) is 0 Å². The summed E-state index contributed by atoms with van der Waals surface area (Å²) in [7, 11) is 0. The molecule has 0 heterocycles. The SMILES string of the molecule is C=C(C(C)C)N(CCC)CC(C)C. The Bertz CT molecular complexity index is 147. The van der Waals surface area contributed by atoms with Gasteiger partial charge in [-0.15, -0.1) is 0 Å². The van der Waals surface area contributed by atoms with Crippen molar-refractivity contribution in [3.63, 3.8) is 0 Å². The van der Waals surface area contributed by atoms with Crippen LogP contribution < -0.4 is 0 Å². The van der Waals surface area contributed by atoms with Crippen molar-refractivity contribution in [3.8, 4) is 0 Å². The van der Waals surface area contributed by atoms with Crippen molar-refractivity contribution in [2.45, 2.75) is 41.0 Å². The highest BCUT2D eigenvalue weighted by atomic mass is 15.1. The van der Waals surface area contributed by atoms with E-state index in [9.17, 15) is 0 Å². The quantitative estimate of drug-likeness (QED) is 0.609. The lowest BCUT2D eigenvalue weighted by atomic mass is 10.1. The zero-order valence-corrected chi connectivity index (χ0v) is 9.93. The van der Waals surface area contributed by atoms with E-state index in [1.807, 2.05) is 0 Å². The minimum atomic E-state index is 0.574. The van der Waals surface area contributed by atoms with Crippen LogP contribution in [0.15, 0.2) is 12.3 Å². The fourth-order valence-corrected chi connectivity index (χ4v) is 1.43. The standard InChI is InChI=1S/C12H25N/c1-7-8-13(9-10(2)3)12(6)11(4)5/h10-11H,6-9H2,1-5H3. The number of rotatable bonds is 6. The van der Waals surface area contributed by atoms with Gasteiger partial charge < -0.3 is 4.90 Å². The molecule has 13 heavy (non-hydrogen) atoms. The summed E-state index contributed by atoms with van der Waals surface area (Å²) in [5.41, 5.74) is 1.29. The summed E-state index contributed by atoms with van der Waals surface area (Å²) in [5, 5.41) is 0. The first-order chi connectivity index (χ1) is 5.99. The van der Waals surface area contributed by atoms with Crippen LogP contribution in [-0.2, 0) is 0 Å². The molecule has 0 rings (SSSR count). The van der Waals surface area contributed by atoms with Crippen LogP contribution in [0.1, 0.15) is 41.0 Å². The van der Waals surface area contributed by atoms with Gasteiger partial charge in [-0.05, 0) is 18.3 Å². The van der Waals surface area contributed by atoms with Gasteiger partial charge in [-0.2, -0.15) is 0 Å². The first-order valence-corrected chi connectivity index (χ1v) is 5.42. The van der Waals surface area contributed by atoms with E-state index in [-0.39, 0.29) is 0 Å². The number of hydrogen-bond acceptors (Lipinski definition) is 1. The van der Waals surface area contributed by atoms with Gasteiger partial charge in [-0.3, -0.25) is 0 Å². The Balaban J connectivity index is 4.15. The van der Waals surface area contributed by atoms with E-state index < -0.39 is 0 Å². The Hall–Kier alpha value is -0.460. The molecule has 0 spiro atoms. The van der Waals surface area contributed by atoms with E-state index in [2.05, 4.69) is 46.1 Å². The largest absolute Gasteiger partial charge is 0.375 e. The minimum absolute atomic E-state index is 0.574. The summed E-state index contributed by atoms with van der Waals surface area (Å²) in [6.07, 6.45) is 1.21. The lowest BCUT2D eigenvalue weighted by molar-refractivity contribution is 0.281. The zero-order valence-electron chi connectivity index (χ0n) is 9.93. The molecular formula is C12H25N. The molecule has 0 bridgehead atoms. The molecular weight excluding hydrogens is 158 g/mol. The molecule has 0 radical (unpaired) electrons. The summed E-state index contributed by atoms with van der Waals surface area (Å²) in [4.78, 5) is 2.43. The fraction of sp³-hybridized carbons (Fsp3) is 0.833. The van der Waals surface area contributed by atoms with Crippen LogP contribution in [0.4, 0.5) is 0 Å². The van der Waals surface area contributed by atoms with Gasteiger partial charge in [0, 0.05) is 18.8 Å². The van der Waals surface area contributed by atoms with Gasteiger partial charge in [0.15, 0.2) is 0 Å². The molecule has 0 N–H and O–H groups in total. The van der Waals surface area contributed by atoms with Crippen molar-refractivity contribution in [2.24, 2.45) is 11.8 Å². The van der Waals surface area contributed by atoms with Crippen LogP contribution >= 0.6 is 0 Å². The van der Waals surface area contributed by atoms with Crippen LogP contribution in [0, 0.1) is 11.8 Å². The van der Waals surface area contributed by atoms with Crippen molar-refractivity contribution < 1.29 is 0 Å².